The van der Waals surface area contributed by atoms with Crippen molar-refractivity contribution in [1.82, 2.24) is 14.9 Å². The van der Waals surface area contributed by atoms with Crippen molar-refractivity contribution >= 4 is 0 Å². The second-order valence-electron chi connectivity index (χ2n) is 5.74. The molecule has 1 N–H and O–H groups in total. The van der Waals surface area contributed by atoms with Crippen LogP contribution in [0.4, 0.5) is 0 Å². The lowest BCUT2D eigenvalue weighted by molar-refractivity contribution is 0.195. The van der Waals surface area contributed by atoms with E-state index < -0.39 is 0 Å². The molecule has 0 bridgehead atoms. The molecule has 0 aliphatic heterocycles. The molecule has 3 atom stereocenters. The summed E-state index contributed by atoms with van der Waals surface area (Å²) >= 11 is 0. The Balaban J connectivity index is 1.90. The van der Waals surface area contributed by atoms with Crippen LogP contribution >= 0.6 is 0 Å². The highest BCUT2D eigenvalue weighted by Crippen LogP contribution is 2.33. The number of imidazole rings is 1. The van der Waals surface area contributed by atoms with E-state index in [1.54, 1.807) is 0 Å². The summed E-state index contributed by atoms with van der Waals surface area (Å²) in [5, 5.41) is 3.52. The second kappa shape index (κ2) is 6.37. The third kappa shape index (κ3) is 3.14. The van der Waals surface area contributed by atoms with E-state index in [0.29, 0.717) is 6.04 Å². The molecule has 1 saturated carbocycles. The quantitative estimate of drug-likeness (QED) is 0.869. The van der Waals surface area contributed by atoms with Gasteiger partial charge in [0, 0.05) is 31.9 Å². The van der Waals surface area contributed by atoms with Gasteiger partial charge in [-0.3, -0.25) is 0 Å². The largest absolute Gasteiger partial charge is 0.338 e. The summed E-state index contributed by atoms with van der Waals surface area (Å²) in [5.41, 5.74) is 0. The van der Waals surface area contributed by atoms with Crippen molar-refractivity contribution in [3.8, 4) is 0 Å². The Kier molecular flexibility index (Phi) is 4.81. The van der Waals surface area contributed by atoms with Gasteiger partial charge in [0.1, 0.15) is 5.82 Å². The fourth-order valence-electron chi connectivity index (χ4n) is 3.38. The van der Waals surface area contributed by atoms with Crippen LogP contribution in [0, 0.1) is 11.8 Å². The minimum absolute atomic E-state index is 0.716. The van der Waals surface area contributed by atoms with Gasteiger partial charge in [0.15, 0.2) is 0 Å². The SMILES string of the molecule is CCC1CCC(NC)C(CCc2nccn2C)C1. The van der Waals surface area contributed by atoms with Crippen LogP contribution < -0.4 is 5.32 Å². The molecule has 0 saturated heterocycles. The average molecular weight is 249 g/mol. The van der Waals surface area contributed by atoms with E-state index in [0.717, 1.165) is 18.3 Å². The molecule has 0 radical (unpaired) electrons. The van der Waals surface area contributed by atoms with Crippen molar-refractivity contribution in [1.29, 1.82) is 0 Å². The van der Waals surface area contributed by atoms with Gasteiger partial charge in [-0.1, -0.05) is 13.3 Å². The number of nitrogens with one attached hydrogen (secondary N) is 1. The van der Waals surface area contributed by atoms with E-state index in [-0.39, 0.29) is 0 Å². The Labute approximate surface area is 111 Å². The van der Waals surface area contributed by atoms with Gasteiger partial charge in [0.25, 0.3) is 0 Å². The Bertz CT molecular complexity index is 358. The molecular formula is C15H27N3. The van der Waals surface area contributed by atoms with Gasteiger partial charge in [0.2, 0.25) is 0 Å². The second-order valence-corrected chi connectivity index (χ2v) is 5.74. The smallest absolute Gasteiger partial charge is 0.108 e. The van der Waals surface area contributed by atoms with Gasteiger partial charge in [-0.15, -0.1) is 0 Å². The number of aryl methyl sites for hydroxylation is 2. The fourth-order valence-corrected chi connectivity index (χ4v) is 3.38. The van der Waals surface area contributed by atoms with Crippen LogP contribution in [0.2, 0.25) is 0 Å². The van der Waals surface area contributed by atoms with Crippen LogP contribution in [0.5, 0.6) is 0 Å². The van der Waals surface area contributed by atoms with Crippen LogP contribution in [0.3, 0.4) is 0 Å². The van der Waals surface area contributed by atoms with Crippen molar-refractivity contribution in [2.75, 3.05) is 7.05 Å². The molecule has 1 heterocycles. The third-order valence-corrected chi connectivity index (χ3v) is 4.70. The monoisotopic (exact) mass is 249 g/mol. The van der Waals surface area contributed by atoms with Crippen molar-refractivity contribution in [2.45, 2.75) is 51.5 Å². The highest BCUT2D eigenvalue weighted by Gasteiger charge is 2.28. The molecule has 1 aromatic rings. The third-order valence-electron chi connectivity index (χ3n) is 4.70. The Morgan fingerprint density at radius 2 is 2.28 bits per heavy atom. The number of rotatable bonds is 5. The first-order chi connectivity index (χ1) is 8.74. The molecule has 0 aromatic carbocycles. The zero-order chi connectivity index (χ0) is 13.0. The predicted octanol–water partition coefficient (Wildman–Crippen LogP) is 2.77. The maximum absolute atomic E-state index is 4.43. The first-order valence-corrected chi connectivity index (χ1v) is 7.38. The van der Waals surface area contributed by atoms with Crippen LogP contribution in [0.15, 0.2) is 12.4 Å². The lowest BCUT2D eigenvalue weighted by Crippen LogP contribution is -2.38. The summed E-state index contributed by atoms with van der Waals surface area (Å²) in [7, 11) is 4.21. The molecule has 1 aromatic heterocycles. The normalized spacial score (nSPS) is 28.5. The lowest BCUT2D eigenvalue weighted by atomic mass is 9.75. The van der Waals surface area contributed by atoms with Gasteiger partial charge < -0.3 is 9.88 Å². The van der Waals surface area contributed by atoms with Crippen molar-refractivity contribution < 1.29 is 0 Å². The van der Waals surface area contributed by atoms with E-state index >= 15 is 0 Å². The summed E-state index contributed by atoms with van der Waals surface area (Å²) in [6.45, 7) is 2.33. The van der Waals surface area contributed by atoms with Gasteiger partial charge in [-0.2, -0.15) is 0 Å². The highest BCUT2D eigenvalue weighted by atomic mass is 15.0. The van der Waals surface area contributed by atoms with Crippen molar-refractivity contribution in [3.05, 3.63) is 18.2 Å². The van der Waals surface area contributed by atoms with Gasteiger partial charge >= 0.3 is 0 Å². The van der Waals surface area contributed by atoms with Crippen LogP contribution in [-0.4, -0.2) is 22.6 Å². The highest BCUT2D eigenvalue weighted by molar-refractivity contribution is 4.93. The van der Waals surface area contributed by atoms with Gasteiger partial charge in [-0.05, 0) is 44.6 Å². The molecule has 18 heavy (non-hydrogen) atoms. The van der Waals surface area contributed by atoms with Crippen LogP contribution in [0.25, 0.3) is 0 Å². The molecule has 0 spiro atoms. The standard InChI is InChI=1S/C15H27N3/c1-4-12-5-7-14(16-2)13(11-12)6-8-15-17-9-10-18(15)3/h9-10,12-14,16H,4-8,11H2,1-3H3. The number of hydrogen-bond donors (Lipinski definition) is 1. The summed E-state index contributed by atoms with van der Waals surface area (Å²) < 4.78 is 2.15. The van der Waals surface area contributed by atoms with E-state index in [9.17, 15) is 0 Å². The summed E-state index contributed by atoms with van der Waals surface area (Å²) in [4.78, 5) is 4.43. The molecule has 0 amide bonds. The zero-order valence-corrected chi connectivity index (χ0v) is 12.0. The molecule has 1 aliphatic rings. The molecule has 2 rings (SSSR count). The zero-order valence-electron chi connectivity index (χ0n) is 12.0. The topological polar surface area (TPSA) is 29.9 Å². The molecule has 3 heteroatoms. The molecule has 3 nitrogen and oxygen atoms in total. The van der Waals surface area contributed by atoms with Crippen LogP contribution in [-0.2, 0) is 13.5 Å². The van der Waals surface area contributed by atoms with Gasteiger partial charge in [0.05, 0.1) is 0 Å². The Morgan fingerprint density at radius 1 is 1.44 bits per heavy atom. The Morgan fingerprint density at radius 3 is 2.89 bits per heavy atom. The number of nitrogens with zero attached hydrogens (tertiary/aromatic N) is 2. The summed E-state index contributed by atoms with van der Waals surface area (Å²) in [6, 6.07) is 0.716. The number of aromatic nitrogens is 2. The lowest BCUT2D eigenvalue weighted by Gasteiger charge is -2.36. The van der Waals surface area contributed by atoms with E-state index in [1.807, 2.05) is 12.4 Å². The predicted molar refractivity (Wildman–Crippen MR) is 75.5 cm³/mol. The number of hydrogen-bond acceptors (Lipinski definition) is 2. The molecule has 102 valence electrons. The Hall–Kier alpha value is -0.830. The van der Waals surface area contributed by atoms with Crippen molar-refractivity contribution in [2.24, 2.45) is 18.9 Å². The minimum Gasteiger partial charge on any atom is -0.338 e. The van der Waals surface area contributed by atoms with Crippen molar-refractivity contribution in [3.63, 3.8) is 0 Å². The van der Waals surface area contributed by atoms with E-state index in [2.05, 4.69) is 35.9 Å². The fraction of sp³-hybridized carbons (Fsp3) is 0.800. The first kappa shape index (κ1) is 13.6. The average Bonchev–Trinajstić information content (AvgIpc) is 2.81. The van der Waals surface area contributed by atoms with E-state index in [1.165, 1.54) is 37.9 Å². The minimum atomic E-state index is 0.716. The van der Waals surface area contributed by atoms with Gasteiger partial charge in [-0.25, -0.2) is 4.98 Å². The maximum Gasteiger partial charge on any atom is 0.108 e. The molecular weight excluding hydrogens is 222 g/mol. The van der Waals surface area contributed by atoms with E-state index in [4.69, 9.17) is 0 Å². The summed E-state index contributed by atoms with van der Waals surface area (Å²) in [6.07, 6.45) is 11.8. The molecule has 3 unspecified atom stereocenters. The van der Waals surface area contributed by atoms with Crippen LogP contribution in [0.1, 0.15) is 44.9 Å². The molecule has 1 aliphatic carbocycles. The first-order valence-electron chi connectivity index (χ1n) is 7.38. The molecule has 1 fully saturated rings. The summed E-state index contributed by atoms with van der Waals surface area (Å²) in [5.74, 6) is 3.00. The maximum atomic E-state index is 4.43.